The molecular formula is C20H19OP. The van der Waals surface area contributed by atoms with Crippen molar-refractivity contribution in [1.29, 1.82) is 0 Å². The van der Waals surface area contributed by atoms with Gasteiger partial charge in [0.05, 0.1) is 14.8 Å². The van der Waals surface area contributed by atoms with Crippen LogP contribution in [-0.4, -0.2) is 0 Å². The molecule has 3 aromatic rings. The van der Waals surface area contributed by atoms with Crippen LogP contribution in [0.3, 0.4) is 0 Å². The Morgan fingerprint density at radius 2 is 1.18 bits per heavy atom. The van der Waals surface area contributed by atoms with Crippen LogP contribution in [0.15, 0.2) is 84.9 Å². The van der Waals surface area contributed by atoms with Crippen molar-refractivity contribution in [2.45, 2.75) is 13.5 Å². The van der Waals surface area contributed by atoms with Gasteiger partial charge in [-0.25, -0.2) is 0 Å². The molecule has 110 valence electrons. The van der Waals surface area contributed by atoms with E-state index in [4.69, 9.17) is 4.52 Å². The molecule has 0 radical (unpaired) electrons. The Kier molecular flexibility index (Phi) is 5.00. The molecule has 0 aliphatic heterocycles. The number of benzene rings is 3. The van der Waals surface area contributed by atoms with E-state index in [1.807, 2.05) is 12.1 Å². The van der Waals surface area contributed by atoms with E-state index in [-0.39, 0.29) is 0 Å². The van der Waals surface area contributed by atoms with E-state index in [0.29, 0.717) is 6.61 Å². The molecule has 0 bridgehead atoms. The Morgan fingerprint density at radius 3 is 1.73 bits per heavy atom. The molecule has 2 heteroatoms. The second-order valence-corrected chi connectivity index (χ2v) is 7.05. The molecule has 0 aliphatic rings. The fourth-order valence-electron chi connectivity index (χ4n) is 2.33. The van der Waals surface area contributed by atoms with Gasteiger partial charge in [0, 0.05) is 10.6 Å². The largest absolute Gasteiger partial charge is 0.345 e. The van der Waals surface area contributed by atoms with Crippen molar-refractivity contribution in [3.05, 3.63) is 96.1 Å². The van der Waals surface area contributed by atoms with Gasteiger partial charge in [-0.1, -0.05) is 84.9 Å². The third-order valence-corrected chi connectivity index (χ3v) is 5.51. The maximum Gasteiger partial charge on any atom is 0.0922 e. The lowest BCUT2D eigenvalue weighted by Crippen LogP contribution is -2.13. The molecule has 0 saturated heterocycles. The van der Waals surface area contributed by atoms with E-state index in [9.17, 15) is 0 Å². The summed E-state index contributed by atoms with van der Waals surface area (Å²) in [6, 6.07) is 29.4. The summed E-state index contributed by atoms with van der Waals surface area (Å²) in [5.74, 6) is 0. The molecule has 0 fully saturated rings. The Morgan fingerprint density at radius 1 is 0.682 bits per heavy atom. The summed E-state index contributed by atoms with van der Waals surface area (Å²) in [6.07, 6.45) is 0. The smallest absolute Gasteiger partial charge is 0.0922 e. The van der Waals surface area contributed by atoms with Crippen molar-refractivity contribution in [2.24, 2.45) is 0 Å². The molecule has 0 heterocycles. The zero-order valence-electron chi connectivity index (χ0n) is 12.6. The normalized spacial score (nSPS) is 10.8. The maximum atomic E-state index is 6.35. The van der Waals surface area contributed by atoms with Crippen LogP contribution in [0, 0.1) is 6.92 Å². The van der Waals surface area contributed by atoms with Crippen LogP contribution in [-0.2, 0) is 11.1 Å². The molecule has 3 aromatic carbocycles. The predicted octanol–water partition coefficient (Wildman–Crippen LogP) is 4.56. The van der Waals surface area contributed by atoms with Crippen molar-refractivity contribution in [3.8, 4) is 0 Å². The third-order valence-electron chi connectivity index (χ3n) is 3.59. The maximum absolute atomic E-state index is 6.35. The molecule has 0 amide bonds. The lowest BCUT2D eigenvalue weighted by molar-refractivity contribution is 0.349. The first-order valence-electron chi connectivity index (χ1n) is 7.42. The van der Waals surface area contributed by atoms with Crippen molar-refractivity contribution < 1.29 is 4.52 Å². The summed E-state index contributed by atoms with van der Waals surface area (Å²) in [5, 5.41) is 2.49. The van der Waals surface area contributed by atoms with Crippen LogP contribution in [0.25, 0.3) is 0 Å². The second kappa shape index (κ2) is 7.35. The van der Waals surface area contributed by atoms with Crippen molar-refractivity contribution in [1.82, 2.24) is 0 Å². The average molecular weight is 306 g/mol. The van der Waals surface area contributed by atoms with Gasteiger partial charge in [0.2, 0.25) is 0 Å². The molecule has 0 spiro atoms. The third kappa shape index (κ3) is 3.62. The summed E-state index contributed by atoms with van der Waals surface area (Å²) in [5.41, 5.74) is 2.53. The second-order valence-electron chi connectivity index (χ2n) is 5.17. The van der Waals surface area contributed by atoms with Crippen molar-refractivity contribution >= 4 is 18.8 Å². The quantitative estimate of drug-likeness (QED) is 0.628. The lowest BCUT2D eigenvalue weighted by atomic mass is 10.1. The fraction of sp³-hybridized carbons (Fsp3) is 0.100. The van der Waals surface area contributed by atoms with Gasteiger partial charge >= 0.3 is 0 Å². The minimum Gasteiger partial charge on any atom is -0.345 e. The van der Waals surface area contributed by atoms with E-state index in [2.05, 4.69) is 79.7 Å². The summed E-state index contributed by atoms with van der Waals surface area (Å²) in [4.78, 5) is 0. The highest BCUT2D eigenvalue weighted by molar-refractivity contribution is 7.68. The molecule has 3 rings (SSSR count). The van der Waals surface area contributed by atoms with Gasteiger partial charge in [-0.15, -0.1) is 0 Å². The summed E-state index contributed by atoms with van der Waals surface area (Å²) >= 11 is 0. The highest BCUT2D eigenvalue weighted by Crippen LogP contribution is 2.36. The fourth-order valence-corrected chi connectivity index (χ4v) is 4.08. The topological polar surface area (TPSA) is 9.23 Å². The van der Waals surface area contributed by atoms with Gasteiger partial charge in [-0.2, -0.15) is 0 Å². The Bertz CT molecular complexity index is 671. The number of hydrogen-bond acceptors (Lipinski definition) is 1. The predicted molar refractivity (Wildman–Crippen MR) is 95.0 cm³/mol. The molecule has 0 N–H and O–H groups in total. The minimum absolute atomic E-state index is 0.641. The summed E-state index contributed by atoms with van der Waals surface area (Å²) in [6.45, 7) is 2.77. The lowest BCUT2D eigenvalue weighted by Gasteiger charge is -2.19. The summed E-state index contributed by atoms with van der Waals surface area (Å²) < 4.78 is 6.35. The van der Waals surface area contributed by atoms with Crippen molar-refractivity contribution in [2.75, 3.05) is 0 Å². The van der Waals surface area contributed by atoms with Gasteiger partial charge in [0.25, 0.3) is 0 Å². The van der Waals surface area contributed by atoms with Crippen LogP contribution in [0.2, 0.25) is 0 Å². The Labute approximate surface area is 133 Å². The van der Waals surface area contributed by atoms with Crippen LogP contribution in [0.1, 0.15) is 11.1 Å². The Hall–Kier alpha value is -1.95. The van der Waals surface area contributed by atoms with E-state index >= 15 is 0 Å². The van der Waals surface area contributed by atoms with E-state index in [0.717, 1.165) is 0 Å². The van der Waals surface area contributed by atoms with Gasteiger partial charge in [0.15, 0.2) is 0 Å². The number of aryl methyl sites for hydroxylation is 1. The number of rotatable bonds is 5. The zero-order chi connectivity index (χ0) is 15.2. The van der Waals surface area contributed by atoms with Crippen LogP contribution >= 0.6 is 8.15 Å². The van der Waals surface area contributed by atoms with Crippen LogP contribution < -0.4 is 10.6 Å². The first kappa shape index (κ1) is 15.0. The first-order chi connectivity index (χ1) is 10.8. The SMILES string of the molecule is Cc1ccccc1COP(c1ccccc1)c1ccccc1. The molecule has 0 aliphatic carbocycles. The molecule has 0 unspecified atom stereocenters. The highest BCUT2D eigenvalue weighted by atomic mass is 31.1. The summed E-state index contributed by atoms with van der Waals surface area (Å²) in [7, 11) is -0.787. The van der Waals surface area contributed by atoms with Gasteiger partial charge in [-0.05, 0) is 18.1 Å². The van der Waals surface area contributed by atoms with E-state index in [1.54, 1.807) is 0 Å². The van der Waals surface area contributed by atoms with Gasteiger partial charge in [0.1, 0.15) is 0 Å². The highest BCUT2D eigenvalue weighted by Gasteiger charge is 2.15. The zero-order valence-corrected chi connectivity index (χ0v) is 13.5. The Balaban J connectivity index is 1.85. The molecule has 22 heavy (non-hydrogen) atoms. The molecule has 0 saturated carbocycles. The van der Waals surface area contributed by atoms with Crippen LogP contribution in [0.5, 0.6) is 0 Å². The standard InChI is InChI=1S/C20H19OP/c1-17-10-8-9-11-18(17)16-21-22(19-12-4-2-5-13-19)20-14-6-3-7-15-20/h2-15H,16H2,1H3. The molecule has 0 atom stereocenters. The average Bonchev–Trinajstić information content (AvgIpc) is 2.59. The molecule has 1 nitrogen and oxygen atoms in total. The van der Waals surface area contributed by atoms with Gasteiger partial charge in [-0.3, -0.25) is 0 Å². The monoisotopic (exact) mass is 306 g/mol. The molecule has 0 aromatic heterocycles. The van der Waals surface area contributed by atoms with Gasteiger partial charge < -0.3 is 4.52 Å². The minimum atomic E-state index is -0.787. The van der Waals surface area contributed by atoms with E-state index in [1.165, 1.54) is 21.7 Å². The first-order valence-corrected chi connectivity index (χ1v) is 8.68. The van der Waals surface area contributed by atoms with Crippen molar-refractivity contribution in [3.63, 3.8) is 0 Å². The molecular weight excluding hydrogens is 287 g/mol. The van der Waals surface area contributed by atoms with Crippen LogP contribution in [0.4, 0.5) is 0 Å². The number of hydrogen-bond donors (Lipinski definition) is 0. The van der Waals surface area contributed by atoms with E-state index < -0.39 is 8.15 Å².